The molecule has 0 saturated carbocycles. The minimum atomic E-state index is -0.752. The van der Waals surface area contributed by atoms with E-state index in [0.29, 0.717) is 6.61 Å². The van der Waals surface area contributed by atoms with Gasteiger partial charge in [0, 0.05) is 13.2 Å². The summed E-state index contributed by atoms with van der Waals surface area (Å²) in [6.45, 7) is 0.827. The zero-order valence-electron chi connectivity index (χ0n) is 7.98. The van der Waals surface area contributed by atoms with Gasteiger partial charge in [-0.1, -0.05) is 12.8 Å². The summed E-state index contributed by atoms with van der Waals surface area (Å²) >= 11 is 0. The van der Waals surface area contributed by atoms with E-state index < -0.39 is 6.10 Å². The molecule has 0 bridgehead atoms. The van der Waals surface area contributed by atoms with Crippen LogP contribution in [0.15, 0.2) is 0 Å². The van der Waals surface area contributed by atoms with Gasteiger partial charge in [0.1, 0.15) is 6.10 Å². The first kappa shape index (κ1) is 12.8. The molecule has 1 unspecified atom stereocenters. The molecule has 0 rings (SSSR count). The fourth-order valence-corrected chi connectivity index (χ4v) is 0.942. The first-order valence-electron chi connectivity index (χ1n) is 4.78. The van der Waals surface area contributed by atoms with E-state index in [-0.39, 0.29) is 19.8 Å². The Morgan fingerprint density at radius 3 is 2.31 bits per heavy atom. The number of hydrogen-bond acceptors (Lipinski definition) is 4. The number of rotatable bonds is 9. The van der Waals surface area contributed by atoms with Crippen molar-refractivity contribution in [2.45, 2.75) is 31.8 Å². The predicted octanol–water partition coefficient (Wildman–Crippen LogP) is -0.0911. The molecule has 0 aromatic carbocycles. The van der Waals surface area contributed by atoms with E-state index >= 15 is 0 Å². The van der Waals surface area contributed by atoms with Crippen molar-refractivity contribution >= 4 is 0 Å². The SMILES string of the molecule is OCCCCCCOCC(O)CO. The molecule has 0 aromatic heterocycles. The lowest BCUT2D eigenvalue weighted by atomic mass is 10.2. The highest BCUT2D eigenvalue weighted by Crippen LogP contribution is 1.99. The lowest BCUT2D eigenvalue weighted by Crippen LogP contribution is -2.19. The molecule has 0 radical (unpaired) electrons. The van der Waals surface area contributed by atoms with Crippen LogP contribution in [0.5, 0.6) is 0 Å². The van der Waals surface area contributed by atoms with E-state index in [4.69, 9.17) is 20.1 Å². The summed E-state index contributed by atoms with van der Waals surface area (Å²) in [5, 5.41) is 25.8. The highest BCUT2D eigenvalue weighted by molar-refractivity contribution is 4.49. The molecule has 1 atom stereocenters. The van der Waals surface area contributed by atoms with Crippen LogP contribution in [-0.4, -0.2) is 47.9 Å². The molecule has 4 heteroatoms. The van der Waals surface area contributed by atoms with Crippen molar-refractivity contribution in [2.24, 2.45) is 0 Å². The minimum Gasteiger partial charge on any atom is -0.396 e. The molecular formula is C9H20O4. The Kier molecular flexibility index (Phi) is 9.80. The molecule has 0 aliphatic rings. The van der Waals surface area contributed by atoms with E-state index in [0.717, 1.165) is 25.7 Å². The monoisotopic (exact) mass is 192 g/mol. The third-order valence-electron chi connectivity index (χ3n) is 1.72. The van der Waals surface area contributed by atoms with Crippen LogP contribution in [-0.2, 0) is 4.74 Å². The van der Waals surface area contributed by atoms with Crippen molar-refractivity contribution < 1.29 is 20.1 Å². The van der Waals surface area contributed by atoms with Crippen LogP contribution >= 0.6 is 0 Å². The fourth-order valence-electron chi connectivity index (χ4n) is 0.942. The molecule has 3 N–H and O–H groups in total. The molecule has 0 saturated heterocycles. The molecule has 0 aliphatic carbocycles. The number of aliphatic hydroxyl groups excluding tert-OH is 3. The smallest absolute Gasteiger partial charge is 0.100 e. The lowest BCUT2D eigenvalue weighted by Gasteiger charge is -2.07. The molecule has 0 spiro atoms. The molecule has 0 aromatic rings. The topological polar surface area (TPSA) is 69.9 Å². The van der Waals surface area contributed by atoms with Gasteiger partial charge in [0.15, 0.2) is 0 Å². The van der Waals surface area contributed by atoms with Gasteiger partial charge in [-0.15, -0.1) is 0 Å². The van der Waals surface area contributed by atoms with Crippen LogP contribution in [0.25, 0.3) is 0 Å². The number of hydrogen-bond donors (Lipinski definition) is 3. The van der Waals surface area contributed by atoms with Gasteiger partial charge in [0.05, 0.1) is 13.2 Å². The summed E-state index contributed by atoms with van der Waals surface area (Å²) < 4.78 is 5.09. The van der Waals surface area contributed by atoms with Crippen molar-refractivity contribution in [1.29, 1.82) is 0 Å². The van der Waals surface area contributed by atoms with Crippen molar-refractivity contribution in [1.82, 2.24) is 0 Å². The predicted molar refractivity (Wildman–Crippen MR) is 49.5 cm³/mol. The summed E-state index contributed by atoms with van der Waals surface area (Å²) in [4.78, 5) is 0. The summed E-state index contributed by atoms with van der Waals surface area (Å²) in [6.07, 6.45) is 3.09. The molecule has 0 fully saturated rings. The van der Waals surface area contributed by atoms with Crippen LogP contribution < -0.4 is 0 Å². The van der Waals surface area contributed by atoms with Gasteiger partial charge < -0.3 is 20.1 Å². The molecule has 4 nitrogen and oxygen atoms in total. The van der Waals surface area contributed by atoms with Crippen molar-refractivity contribution in [3.05, 3.63) is 0 Å². The van der Waals surface area contributed by atoms with Crippen LogP contribution in [0.1, 0.15) is 25.7 Å². The maximum Gasteiger partial charge on any atom is 0.100 e. The highest BCUT2D eigenvalue weighted by atomic mass is 16.5. The second-order valence-corrected chi connectivity index (χ2v) is 3.05. The maximum absolute atomic E-state index is 8.89. The molecule has 80 valence electrons. The van der Waals surface area contributed by atoms with Crippen LogP contribution in [0, 0.1) is 0 Å². The summed E-state index contributed by atoms with van der Waals surface area (Å²) in [7, 11) is 0. The van der Waals surface area contributed by atoms with E-state index in [9.17, 15) is 0 Å². The number of aliphatic hydroxyl groups is 3. The van der Waals surface area contributed by atoms with Crippen molar-refractivity contribution in [3.63, 3.8) is 0 Å². The van der Waals surface area contributed by atoms with Gasteiger partial charge in [-0.05, 0) is 12.8 Å². The third-order valence-corrected chi connectivity index (χ3v) is 1.72. The molecule has 0 heterocycles. The standard InChI is InChI=1S/C9H20O4/c10-5-3-1-2-4-6-13-8-9(12)7-11/h9-12H,1-8H2. The van der Waals surface area contributed by atoms with Gasteiger partial charge in [0.2, 0.25) is 0 Å². The Morgan fingerprint density at radius 2 is 1.69 bits per heavy atom. The zero-order valence-corrected chi connectivity index (χ0v) is 7.98. The van der Waals surface area contributed by atoms with Crippen LogP contribution in [0.2, 0.25) is 0 Å². The first-order valence-corrected chi connectivity index (χ1v) is 4.78. The van der Waals surface area contributed by atoms with Crippen molar-refractivity contribution in [2.75, 3.05) is 26.4 Å². The highest BCUT2D eigenvalue weighted by Gasteiger charge is 2.00. The first-order chi connectivity index (χ1) is 6.31. The van der Waals surface area contributed by atoms with E-state index in [1.165, 1.54) is 0 Å². The minimum absolute atomic E-state index is 0.205. The fraction of sp³-hybridized carbons (Fsp3) is 1.00. The van der Waals surface area contributed by atoms with E-state index in [1.807, 2.05) is 0 Å². The molecule has 13 heavy (non-hydrogen) atoms. The zero-order chi connectivity index (χ0) is 9.94. The van der Waals surface area contributed by atoms with Crippen LogP contribution in [0.4, 0.5) is 0 Å². The van der Waals surface area contributed by atoms with Gasteiger partial charge in [-0.3, -0.25) is 0 Å². The van der Waals surface area contributed by atoms with Crippen molar-refractivity contribution in [3.8, 4) is 0 Å². The molecular weight excluding hydrogens is 172 g/mol. The summed E-state index contributed by atoms with van der Waals surface area (Å²) in [5.74, 6) is 0. The Labute approximate surface area is 79.2 Å². The van der Waals surface area contributed by atoms with Crippen LogP contribution in [0.3, 0.4) is 0 Å². The van der Waals surface area contributed by atoms with Gasteiger partial charge >= 0.3 is 0 Å². The maximum atomic E-state index is 8.89. The average Bonchev–Trinajstić information content (AvgIpc) is 2.16. The Hall–Kier alpha value is -0.160. The Morgan fingerprint density at radius 1 is 1.00 bits per heavy atom. The normalized spacial score (nSPS) is 13.2. The largest absolute Gasteiger partial charge is 0.396 e. The Balaban J connectivity index is 2.91. The summed E-state index contributed by atoms with van der Waals surface area (Å²) in [6, 6.07) is 0. The second-order valence-electron chi connectivity index (χ2n) is 3.05. The van der Waals surface area contributed by atoms with Gasteiger partial charge in [0.25, 0.3) is 0 Å². The molecule has 0 amide bonds. The Bertz CT molecular complexity index is 97.6. The van der Waals surface area contributed by atoms with Gasteiger partial charge in [-0.25, -0.2) is 0 Å². The van der Waals surface area contributed by atoms with Gasteiger partial charge in [-0.2, -0.15) is 0 Å². The average molecular weight is 192 g/mol. The second kappa shape index (κ2) is 9.92. The number of ether oxygens (including phenoxy) is 1. The van der Waals surface area contributed by atoms with E-state index in [1.54, 1.807) is 0 Å². The number of unbranched alkanes of at least 4 members (excludes halogenated alkanes) is 3. The van der Waals surface area contributed by atoms with E-state index in [2.05, 4.69) is 0 Å². The lowest BCUT2D eigenvalue weighted by molar-refractivity contribution is 0.00522. The molecule has 0 aliphatic heterocycles. The quantitative estimate of drug-likeness (QED) is 0.446. The summed E-state index contributed by atoms with van der Waals surface area (Å²) in [5.41, 5.74) is 0. The third kappa shape index (κ3) is 9.76.